The zero-order valence-electron chi connectivity index (χ0n) is 14.3. The molecule has 2 aromatic carbocycles. The van der Waals surface area contributed by atoms with Crippen LogP contribution in [0.3, 0.4) is 0 Å². The van der Waals surface area contributed by atoms with Gasteiger partial charge in [-0.1, -0.05) is 35.9 Å². The fraction of sp³-hybridized carbons (Fsp3) is 0.250. The zero-order valence-corrected chi connectivity index (χ0v) is 15.1. The minimum atomic E-state index is -0.146. The first kappa shape index (κ1) is 17.5. The molecule has 5 heteroatoms. The Hall–Kier alpha value is -2.30. The second-order valence-electron chi connectivity index (χ2n) is 6.34. The maximum Gasteiger partial charge on any atom is 0.248 e. The van der Waals surface area contributed by atoms with Crippen LogP contribution in [0, 0.1) is 0 Å². The van der Waals surface area contributed by atoms with Crippen LogP contribution in [0.4, 0.5) is 11.4 Å². The van der Waals surface area contributed by atoms with Crippen LogP contribution in [-0.4, -0.2) is 39.1 Å². The van der Waals surface area contributed by atoms with E-state index in [0.29, 0.717) is 5.02 Å². The Labute approximate surface area is 153 Å². The molecule has 130 valence electrons. The summed E-state index contributed by atoms with van der Waals surface area (Å²) < 4.78 is 0. The summed E-state index contributed by atoms with van der Waals surface area (Å²) in [5, 5.41) is 3.65. The first-order valence-electron chi connectivity index (χ1n) is 8.52. The number of hydrogen-bond donors (Lipinski definition) is 2. The average Bonchev–Trinajstić information content (AvgIpc) is 2.61. The number of amides is 1. The number of anilines is 2. The van der Waals surface area contributed by atoms with Crippen molar-refractivity contribution < 1.29 is 9.69 Å². The van der Waals surface area contributed by atoms with E-state index in [4.69, 9.17) is 11.6 Å². The molecule has 1 aliphatic rings. The second-order valence-corrected chi connectivity index (χ2v) is 6.78. The summed E-state index contributed by atoms with van der Waals surface area (Å²) in [5.41, 5.74) is 2.83. The molecule has 2 N–H and O–H groups in total. The monoisotopic (exact) mass is 356 g/mol. The first-order valence-corrected chi connectivity index (χ1v) is 8.89. The topological polar surface area (TPSA) is 36.8 Å². The molecule has 0 aromatic heterocycles. The molecule has 0 spiro atoms. The van der Waals surface area contributed by atoms with Gasteiger partial charge in [0, 0.05) is 11.1 Å². The molecule has 0 saturated carbocycles. The summed E-state index contributed by atoms with van der Waals surface area (Å²) in [6.07, 6.45) is 3.31. The Balaban J connectivity index is 1.69. The van der Waals surface area contributed by atoms with Crippen molar-refractivity contribution >= 4 is 35.0 Å². The number of benzene rings is 2. The van der Waals surface area contributed by atoms with Gasteiger partial charge in [-0.25, -0.2) is 0 Å². The van der Waals surface area contributed by atoms with Crippen LogP contribution in [0.15, 0.2) is 54.6 Å². The molecule has 2 aromatic rings. The number of piperazine rings is 1. The highest BCUT2D eigenvalue weighted by Crippen LogP contribution is 2.25. The van der Waals surface area contributed by atoms with Crippen molar-refractivity contribution in [1.29, 1.82) is 0 Å². The van der Waals surface area contributed by atoms with E-state index < -0.39 is 0 Å². The molecule has 1 aliphatic heterocycles. The first-order chi connectivity index (χ1) is 12.1. The molecule has 4 nitrogen and oxygen atoms in total. The van der Waals surface area contributed by atoms with Crippen molar-refractivity contribution in [3.8, 4) is 0 Å². The van der Waals surface area contributed by atoms with E-state index in [2.05, 4.69) is 23.3 Å². The predicted molar refractivity (Wildman–Crippen MR) is 104 cm³/mol. The number of likely N-dealkylation sites (N-methyl/N-ethyl adjacent to an activating group) is 1. The van der Waals surface area contributed by atoms with Gasteiger partial charge < -0.3 is 15.1 Å². The Morgan fingerprint density at radius 2 is 1.92 bits per heavy atom. The lowest BCUT2D eigenvalue weighted by Gasteiger charge is -2.32. The third kappa shape index (κ3) is 4.84. The minimum absolute atomic E-state index is 0.146. The average molecular weight is 357 g/mol. The number of carbonyl (C=O) groups excluding carboxylic acids is 1. The largest absolute Gasteiger partial charge is 0.359 e. The van der Waals surface area contributed by atoms with Crippen LogP contribution in [-0.2, 0) is 4.79 Å². The normalized spacial score (nSPS) is 15.5. The summed E-state index contributed by atoms with van der Waals surface area (Å²) in [6.45, 7) is 4.21. The molecular formula is C20H23ClN3O+. The number of quaternary nitrogens is 1. The van der Waals surface area contributed by atoms with Crippen molar-refractivity contribution in [1.82, 2.24) is 0 Å². The Kier molecular flexibility index (Phi) is 5.74. The third-order valence-electron chi connectivity index (χ3n) is 4.40. The number of para-hydroxylation sites is 2. The van der Waals surface area contributed by atoms with Crippen molar-refractivity contribution in [3.63, 3.8) is 0 Å². The van der Waals surface area contributed by atoms with Crippen molar-refractivity contribution in [2.75, 3.05) is 43.4 Å². The summed E-state index contributed by atoms with van der Waals surface area (Å²) in [7, 11) is 2.21. The highest BCUT2D eigenvalue weighted by atomic mass is 35.5. The van der Waals surface area contributed by atoms with Gasteiger partial charge in [-0.15, -0.1) is 0 Å². The van der Waals surface area contributed by atoms with Crippen LogP contribution in [0.2, 0.25) is 5.02 Å². The fourth-order valence-corrected chi connectivity index (χ4v) is 3.14. The lowest BCUT2D eigenvalue weighted by atomic mass is 10.2. The molecule has 3 rings (SSSR count). The van der Waals surface area contributed by atoms with Gasteiger partial charge in [0.05, 0.1) is 44.6 Å². The Morgan fingerprint density at radius 3 is 2.68 bits per heavy atom. The zero-order chi connectivity index (χ0) is 17.6. The van der Waals surface area contributed by atoms with E-state index in [-0.39, 0.29) is 5.91 Å². The second kappa shape index (κ2) is 8.19. The molecule has 0 radical (unpaired) electrons. The van der Waals surface area contributed by atoms with E-state index >= 15 is 0 Å². The SMILES string of the molecule is C[NH+]1CCN(c2ccccc2NC(=O)/C=C/c2cccc(Cl)c2)CC1. The smallest absolute Gasteiger partial charge is 0.248 e. The van der Waals surface area contributed by atoms with E-state index in [0.717, 1.165) is 43.1 Å². The molecule has 0 unspecified atom stereocenters. The van der Waals surface area contributed by atoms with Gasteiger partial charge in [-0.05, 0) is 35.9 Å². The van der Waals surface area contributed by atoms with E-state index in [1.54, 1.807) is 11.0 Å². The molecule has 0 bridgehead atoms. The Bertz CT molecular complexity index is 767. The molecular weight excluding hydrogens is 334 g/mol. The highest BCUT2D eigenvalue weighted by Gasteiger charge is 2.19. The predicted octanol–water partition coefficient (Wildman–Crippen LogP) is 2.33. The van der Waals surface area contributed by atoms with E-state index in [1.165, 1.54) is 6.08 Å². The van der Waals surface area contributed by atoms with Gasteiger partial charge in [0.2, 0.25) is 5.91 Å². The van der Waals surface area contributed by atoms with Gasteiger partial charge in [0.15, 0.2) is 0 Å². The maximum atomic E-state index is 12.3. The lowest BCUT2D eigenvalue weighted by Crippen LogP contribution is -3.12. The van der Waals surface area contributed by atoms with Gasteiger partial charge in [0.25, 0.3) is 0 Å². The van der Waals surface area contributed by atoms with E-state index in [1.807, 2.05) is 42.5 Å². The van der Waals surface area contributed by atoms with E-state index in [9.17, 15) is 4.79 Å². The number of nitrogens with one attached hydrogen (secondary N) is 2. The minimum Gasteiger partial charge on any atom is -0.359 e. The third-order valence-corrected chi connectivity index (χ3v) is 4.63. The van der Waals surface area contributed by atoms with Gasteiger partial charge in [0.1, 0.15) is 0 Å². The molecule has 25 heavy (non-hydrogen) atoms. The fourth-order valence-electron chi connectivity index (χ4n) is 2.94. The summed E-state index contributed by atoms with van der Waals surface area (Å²) >= 11 is 5.97. The van der Waals surface area contributed by atoms with Crippen LogP contribution < -0.4 is 15.1 Å². The van der Waals surface area contributed by atoms with Gasteiger partial charge in [-0.2, -0.15) is 0 Å². The lowest BCUT2D eigenvalue weighted by molar-refractivity contribution is -0.880. The van der Waals surface area contributed by atoms with Crippen LogP contribution in [0.5, 0.6) is 0 Å². The number of nitrogens with zero attached hydrogens (tertiary/aromatic N) is 1. The molecule has 0 atom stereocenters. The Morgan fingerprint density at radius 1 is 1.16 bits per heavy atom. The molecule has 1 amide bonds. The van der Waals surface area contributed by atoms with Crippen molar-refractivity contribution in [3.05, 3.63) is 65.2 Å². The molecule has 1 fully saturated rings. The van der Waals surface area contributed by atoms with Gasteiger partial charge in [-0.3, -0.25) is 4.79 Å². The van der Waals surface area contributed by atoms with Crippen molar-refractivity contribution in [2.24, 2.45) is 0 Å². The maximum absolute atomic E-state index is 12.3. The number of halogens is 1. The quantitative estimate of drug-likeness (QED) is 0.825. The standard InChI is InChI=1S/C20H22ClN3O/c1-23-11-13-24(14-12-23)19-8-3-2-7-18(19)22-20(25)10-9-16-5-4-6-17(21)15-16/h2-10,15H,11-14H2,1H3,(H,22,25)/p+1/b10-9+. The van der Waals surface area contributed by atoms with Crippen LogP contribution in [0.25, 0.3) is 6.08 Å². The summed E-state index contributed by atoms with van der Waals surface area (Å²) in [6, 6.07) is 15.4. The van der Waals surface area contributed by atoms with Crippen LogP contribution >= 0.6 is 11.6 Å². The summed E-state index contributed by atoms with van der Waals surface area (Å²) in [5.74, 6) is -0.146. The number of carbonyl (C=O) groups is 1. The molecule has 1 saturated heterocycles. The molecule has 1 heterocycles. The summed E-state index contributed by atoms with van der Waals surface area (Å²) in [4.78, 5) is 16.2. The highest BCUT2D eigenvalue weighted by molar-refractivity contribution is 6.30. The number of hydrogen-bond acceptors (Lipinski definition) is 2. The van der Waals surface area contributed by atoms with Crippen LogP contribution in [0.1, 0.15) is 5.56 Å². The molecule has 0 aliphatic carbocycles. The van der Waals surface area contributed by atoms with Crippen molar-refractivity contribution in [2.45, 2.75) is 0 Å². The van der Waals surface area contributed by atoms with Gasteiger partial charge >= 0.3 is 0 Å². The number of rotatable bonds is 4.